The van der Waals surface area contributed by atoms with Crippen LogP contribution in [-0.4, -0.2) is 0 Å². The topological polar surface area (TPSA) is 0 Å². The van der Waals surface area contributed by atoms with E-state index >= 15 is 4.39 Å². The van der Waals surface area contributed by atoms with Gasteiger partial charge in [-0.2, -0.15) is 0 Å². The fraction of sp³-hybridized carbons (Fsp3) is 0.161. The highest BCUT2D eigenvalue weighted by atomic mass is 19.1. The molecule has 0 nitrogen and oxygen atoms in total. The van der Waals surface area contributed by atoms with Gasteiger partial charge in [0.05, 0.1) is 5.56 Å². The van der Waals surface area contributed by atoms with Crippen molar-refractivity contribution in [2.75, 3.05) is 0 Å². The predicted molar refractivity (Wildman–Crippen MR) is 134 cm³/mol. The Kier molecular flexibility index (Phi) is 6.83. The molecular weight excluding hydrogens is 391 g/mol. The summed E-state index contributed by atoms with van der Waals surface area (Å²) >= 11 is 0. The summed E-state index contributed by atoms with van der Waals surface area (Å²) in [5, 5.41) is 1.54. The van der Waals surface area contributed by atoms with E-state index in [9.17, 15) is 0 Å². The van der Waals surface area contributed by atoms with Crippen LogP contribution in [0.2, 0.25) is 0 Å². The molecule has 0 aliphatic carbocycles. The minimum Gasteiger partial charge on any atom is -0.205 e. The van der Waals surface area contributed by atoms with Gasteiger partial charge in [-0.05, 0) is 72.0 Å². The van der Waals surface area contributed by atoms with Gasteiger partial charge >= 0.3 is 0 Å². The summed E-state index contributed by atoms with van der Waals surface area (Å²) in [4.78, 5) is 0. The van der Waals surface area contributed by atoms with Crippen LogP contribution >= 0.6 is 0 Å². The molecule has 1 heteroatoms. The molecule has 0 aromatic heterocycles. The monoisotopic (exact) mass is 418 g/mol. The van der Waals surface area contributed by atoms with E-state index in [2.05, 4.69) is 73.4 Å². The number of fused-ring (bicyclic) bond motifs is 1. The Morgan fingerprint density at radius 2 is 1.47 bits per heavy atom. The van der Waals surface area contributed by atoms with E-state index in [0.29, 0.717) is 10.9 Å². The van der Waals surface area contributed by atoms with Crippen LogP contribution in [0, 0.1) is 17.7 Å². The molecule has 158 valence electrons. The molecule has 0 unspecified atom stereocenters. The second-order valence-corrected chi connectivity index (χ2v) is 7.97. The lowest BCUT2D eigenvalue weighted by Gasteiger charge is -2.05. The summed E-state index contributed by atoms with van der Waals surface area (Å²) in [7, 11) is 0. The molecule has 4 aromatic rings. The van der Waals surface area contributed by atoms with Crippen LogP contribution in [0.4, 0.5) is 4.39 Å². The molecule has 0 radical (unpaired) electrons. The maximum atomic E-state index is 15.0. The highest BCUT2D eigenvalue weighted by molar-refractivity contribution is 5.85. The highest BCUT2D eigenvalue weighted by Crippen LogP contribution is 2.23. The first-order valence-corrected chi connectivity index (χ1v) is 11.2. The van der Waals surface area contributed by atoms with E-state index in [0.717, 1.165) is 35.8 Å². The Balaban J connectivity index is 1.53. The average Bonchev–Trinajstić information content (AvgIpc) is 2.84. The van der Waals surface area contributed by atoms with Crippen LogP contribution < -0.4 is 0 Å². The Morgan fingerprint density at radius 3 is 2.16 bits per heavy atom. The minimum absolute atomic E-state index is 0.248. The third-order valence-electron chi connectivity index (χ3n) is 5.78. The number of hydrogen-bond acceptors (Lipinski definition) is 0. The summed E-state index contributed by atoms with van der Waals surface area (Å²) in [5.74, 6) is 5.88. The number of rotatable bonds is 5. The molecule has 0 heterocycles. The molecule has 0 bridgehead atoms. The molecule has 0 aliphatic rings. The third-order valence-corrected chi connectivity index (χ3v) is 5.78. The van der Waals surface area contributed by atoms with Crippen LogP contribution in [0.3, 0.4) is 0 Å². The molecular formula is C31H27F. The number of benzene rings is 4. The Labute approximate surface area is 190 Å². The molecule has 4 aromatic carbocycles. The van der Waals surface area contributed by atoms with E-state index in [-0.39, 0.29) is 5.82 Å². The molecule has 0 aliphatic heterocycles. The van der Waals surface area contributed by atoms with Crippen LogP contribution in [0.5, 0.6) is 0 Å². The van der Waals surface area contributed by atoms with Crippen LogP contribution in [0.25, 0.3) is 21.9 Å². The Bertz CT molecular complexity index is 1300. The average molecular weight is 419 g/mol. The first-order valence-electron chi connectivity index (χ1n) is 11.2. The molecule has 0 atom stereocenters. The van der Waals surface area contributed by atoms with Gasteiger partial charge in [0, 0.05) is 10.9 Å². The Morgan fingerprint density at radius 1 is 0.781 bits per heavy atom. The molecule has 4 rings (SSSR count). The van der Waals surface area contributed by atoms with Crippen molar-refractivity contribution in [1.82, 2.24) is 0 Å². The van der Waals surface area contributed by atoms with Gasteiger partial charge in [0.25, 0.3) is 0 Å². The molecule has 0 saturated heterocycles. The summed E-state index contributed by atoms with van der Waals surface area (Å²) in [6.07, 6.45) is 7.21. The number of hydrogen-bond donors (Lipinski definition) is 0. The van der Waals surface area contributed by atoms with Crippen molar-refractivity contribution in [3.05, 3.63) is 119 Å². The summed E-state index contributed by atoms with van der Waals surface area (Å²) in [6.45, 7) is 4.18. The van der Waals surface area contributed by atoms with Crippen LogP contribution in [0.15, 0.2) is 91.0 Å². The highest BCUT2D eigenvalue weighted by Gasteiger charge is 2.06. The SMILES string of the molecule is C/C=C/CCc1ccc2c(F)c(C#Cc3ccc(-c4ccc(CC)cc4)cc3)ccc2c1. The lowest BCUT2D eigenvalue weighted by Crippen LogP contribution is -1.89. The first kappa shape index (κ1) is 21.6. The van der Waals surface area contributed by atoms with Crippen LogP contribution in [0.1, 0.15) is 42.5 Å². The second-order valence-electron chi connectivity index (χ2n) is 7.97. The summed E-state index contributed by atoms with van der Waals surface area (Å²) in [5.41, 5.74) is 6.20. The lowest BCUT2D eigenvalue weighted by molar-refractivity contribution is 0.636. The van der Waals surface area contributed by atoms with E-state index in [1.807, 2.05) is 37.3 Å². The van der Waals surface area contributed by atoms with Crippen molar-refractivity contribution in [2.24, 2.45) is 0 Å². The first-order chi connectivity index (χ1) is 15.7. The van der Waals surface area contributed by atoms with Crippen molar-refractivity contribution < 1.29 is 4.39 Å². The van der Waals surface area contributed by atoms with Crippen molar-refractivity contribution >= 4 is 10.8 Å². The Hall–Kier alpha value is -3.63. The van der Waals surface area contributed by atoms with E-state index in [1.165, 1.54) is 16.7 Å². The lowest BCUT2D eigenvalue weighted by atomic mass is 10.0. The van der Waals surface area contributed by atoms with Gasteiger partial charge in [0.2, 0.25) is 0 Å². The fourth-order valence-corrected chi connectivity index (χ4v) is 3.83. The van der Waals surface area contributed by atoms with Gasteiger partial charge in [-0.3, -0.25) is 0 Å². The zero-order chi connectivity index (χ0) is 22.3. The van der Waals surface area contributed by atoms with E-state index < -0.39 is 0 Å². The molecule has 0 saturated carbocycles. The minimum atomic E-state index is -0.248. The van der Waals surface area contributed by atoms with Gasteiger partial charge in [-0.1, -0.05) is 91.6 Å². The summed E-state index contributed by atoms with van der Waals surface area (Å²) in [6, 6.07) is 26.4. The molecule has 0 spiro atoms. The maximum Gasteiger partial charge on any atom is 0.146 e. The van der Waals surface area contributed by atoms with E-state index in [4.69, 9.17) is 0 Å². The number of aryl methyl sites for hydroxylation is 2. The molecule has 0 fully saturated rings. The zero-order valence-corrected chi connectivity index (χ0v) is 18.7. The van der Waals surface area contributed by atoms with Crippen molar-refractivity contribution in [1.29, 1.82) is 0 Å². The fourth-order valence-electron chi connectivity index (χ4n) is 3.83. The zero-order valence-electron chi connectivity index (χ0n) is 18.7. The molecule has 32 heavy (non-hydrogen) atoms. The third kappa shape index (κ3) is 4.98. The predicted octanol–water partition coefficient (Wildman–Crippen LogP) is 8.12. The van der Waals surface area contributed by atoms with Gasteiger partial charge in [-0.15, -0.1) is 0 Å². The molecule has 0 N–H and O–H groups in total. The standard InChI is InChI=1S/C31H27F/c1-3-5-6-7-25-13-21-30-29(22-25)20-19-28(31(30)32)18-12-24-10-16-27(17-11-24)26-14-8-23(4-2)9-15-26/h3,5,8-11,13-17,19-22H,4,6-7H2,1-2H3/b5-3+. The number of halogens is 1. The van der Waals surface area contributed by atoms with Crippen LogP contribution in [-0.2, 0) is 12.8 Å². The van der Waals surface area contributed by atoms with Crippen molar-refractivity contribution in [2.45, 2.75) is 33.1 Å². The smallest absolute Gasteiger partial charge is 0.146 e. The van der Waals surface area contributed by atoms with Gasteiger partial charge in [0.1, 0.15) is 5.82 Å². The van der Waals surface area contributed by atoms with Gasteiger partial charge in [-0.25, -0.2) is 4.39 Å². The molecule has 0 amide bonds. The maximum absolute atomic E-state index is 15.0. The number of allylic oxidation sites excluding steroid dienone is 2. The quantitative estimate of drug-likeness (QED) is 0.227. The largest absolute Gasteiger partial charge is 0.205 e. The van der Waals surface area contributed by atoms with E-state index in [1.54, 1.807) is 6.07 Å². The second kappa shape index (κ2) is 10.1. The summed E-state index contributed by atoms with van der Waals surface area (Å²) < 4.78 is 15.0. The normalized spacial score (nSPS) is 11.0. The van der Waals surface area contributed by atoms with Crippen molar-refractivity contribution in [3.63, 3.8) is 0 Å². The van der Waals surface area contributed by atoms with Gasteiger partial charge in [0.15, 0.2) is 0 Å². The van der Waals surface area contributed by atoms with Crippen molar-refractivity contribution in [3.8, 4) is 23.0 Å². The van der Waals surface area contributed by atoms with Gasteiger partial charge < -0.3 is 0 Å².